The topological polar surface area (TPSA) is 73.6 Å². The maximum Gasteiger partial charge on any atom is 0.233 e. The van der Waals surface area contributed by atoms with Gasteiger partial charge < -0.3 is 4.74 Å². The summed E-state index contributed by atoms with van der Waals surface area (Å²) in [6.07, 6.45) is 0.322. The predicted octanol–water partition coefficient (Wildman–Crippen LogP) is 4.37. The van der Waals surface area contributed by atoms with Crippen LogP contribution in [-0.4, -0.2) is 29.8 Å². The molecule has 1 atom stereocenters. The molecule has 0 aliphatic heterocycles. The molecule has 0 radical (unpaired) electrons. The summed E-state index contributed by atoms with van der Waals surface area (Å²) in [5, 5.41) is 19.0. The molecule has 0 spiro atoms. The Hall–Kier alpha value is -3.69. The molecule has 5 nitrogen and oxygen atoms in total. The molecule has 1 N–H and O–H groups in total. The standard InChI is InChI=1S/C23H19FN2O3/c24-22-9-5-20(6-10-22)21(14-26(28)16-27)15-29-23-11-7-19(8-12-23)18-3-1-17(13-25)2-4-18/h1-12,16,21,28H,14-15H2. The van der Waals surface area contributed by atoms with Crippen molar-refractivity contribution >= 4 is 6.41 Å². The van der Waals surface area contributed by atoms with E-state index in [2.05, 4.69) is 6.07 Å². The quantitative estimate of drug-likeness (QED) is 0.352. The van der Waals surface area contributed by atoms with Crippen molar-refractivity contribution in [2.24, 2.45) is 0 Å². The van der Waals surface area contributed by atoms with E-state index in [4.69, 9.17) is 10.00 Å². The van der Waals surface area contributed by atoms with Crippen molar-refractivity contribution < 1.29 is 19.1 Å². The van der Waals surface area contributed by atoms with Crippen LogP contribution in [-0.2, 0) is 4.79 Å². The summed E-state index contributed by atoms with van der Waals surface area (Å²) in [6, 6.07) is 22.7. The van der Waals surface area contributed by atoms with Gasteiger partial charge in [0.05, 0.1) is 24.8 Å². The molecule has 0 saturated heterocycles. The van der Waals surface area contributed by atoms with Gasteiger partial charge in [0, 0.05) is 5.92 Å². The normalized spacial score (nSPS) is 11.3. The monoisotopic (exact) mass is 390 g/mol. The van der Waals surface area contributed by atoms with Gasteiger partial charge in [0.25, 0.3) is 0 Å². The number of nitrogens with zero attached hydrogens (tertiary/aromatic N) is 2. The zero-order chi connectivity index (χ0) is 20.6. The minimum absolute atomic E-state index is 0.0262. The van der Waals surface area contributed by atoms with Crippen LogP contribution in [0.25, 0.3) is 11.1 Å². The summed E-state index contributed by atoms with van der Waals surface area (Å²) in [7, 11) is 0. The Balaban J connectivity index is 1.69. The molecule has 29 heavy (non-hydrogen) atoms. The van der Waals surface area contributed by atoms with E-state index in [1.807, 2.05) is 36.4 Å². The highest BCUT2D eigenvalue weighted by molar-refractivity contribution is 5.64. The number of rotatable bonds is 8. The Morgan fingerprint density at radius 1 is 1.00 bits per heavy atom. The van der Waals surface area contributed by atoms with Gasteiger partial charge in [-0.15, -0.1) is 0 Å². The lowest BCUT2D eigenvalue weighted by Crippen LogP contribution is -2.27. The number of benzene rings is 3. The number of amides is 1. The highest BCUT2D eigenvalue weighted by atomic mass is 19.1. The third kappa shape index (κ3) is 5.41. The summed E-state index contributed by atoms with van der Waals surface area (Å²) in [5.74, 6) is -0.0582. The van der Waals surface area contributed by atoms with Gasteiger partial charge in [-0.05, 0) is 53.1 Å². The number of ether oxygens (including phenoxy) is 1. The summed E-state index contributed by atoms with van der Waals surface area (Å²) in [6.45, 7) is 0.227. The first kappa shape index (κ1) is 20.1. The van der Waals surface area contributed by atoms with E-state index in [0.717, 1.165) is 16.7 Å². The molecule has 0 aromatic heterocycles. The third-order valence-electron chi connectivity index (χ3n) is 4.52. The summed E-state index contributed by atoms with van der Waals surface area (Å²) < 4.78 is 19.0. The molecule has 0 heterocycles. The number of carbonyl (C=O) groups excluding carboxylic acids is 1. The van der Waals surface area contributed by atoms with E-state index in [-0.39, 0.29) is 24.9 Å². The van der Waals surface area contributed by atoms with Crippen molar-refractivity contribution in [3.63, 3.8) is 0 Å². The molecular formula is C23H19FN2O3. The van der Waals surface area contributed by atoms with Crippen LogP contribution >= 0.6 is 0 Å². The van der Waals surface area contributed by atoms with Crippen LogP contribution in [0.2, 0.25) is 0 Å². The first-order chi connectivity index (χ1) is 14.1. The number of nitriles is 1. The van der Waals surface area contributed by atoms with E-state index in [0.29, 0.717) is 22.8 Å². The number of hydrogen-bond acceptors (Lipinski definition) is 4. The first-order valence-corrected chi connectivity index (χ1v) is 8.98. The first-order valence-electron chi connectivity index (χ1n) is 8.98. The maximum absolute atomic E-state index is 13.2. The maximum atomic E-state index is 13.2. The molecule has 1 amide bonds. The molecule has 0 saturated carbocycles. The highest BCUT2D eigenvalue weighted by Crippen LogP contribution is 2.24. The number of halogens is 1. The van der Waals surface area contributed by atoms with E-state index in [1.165, 1.54) is 12.1 Å². The second kappa shape index (κ2) is 9.49. The van der Waals surface area contributed by atoms with Crippen LogP contribution in [0.3, 0.4) is 0 Å². The second-order valence-electron chi connectivity index (χ2n) is 6.50. The summed E-state index contributed by atoms with van der Waals surface area (Å²) >= 11 is 0. The highest BCUT2D eigenvalue weighted by Gasteiger charge is 2.16. The zero-order valence-electron chi connectivity index (χ0n) is 15.5. The Kier molecular flexibility index (Phi) is 6.56. The van der Waals surface area contributed by atoms with Crippen molar-refractivity contribution in [1.29, 1.82) is 5.26 Å². The molecule has 3 aromatic rings. The smallest absolute Gasteiger partial charge is 0.233 e. The lowest BCUT2D eigenvalue weighted by Gasteiger charge is -2.21. The van der Waals surface area contributed by atoms with Gasteiger partial charge in [0.1, 0.15) is 11.6 Å². The number of hydroxylamine groups is 2. The molecule has 1 unspecified atom stereocenters. The van der Waals surface area contributed by atoms with Crippen LogP contribution in [0.5, 0.6) is 5.75 Å². The molecule has 3 rings (SSSR count). The minimum atomic E-state index is -0.358. The Morgan fingerprint density at radius 2 is 1.59 bits per heavy atom. The summed E-state index contributed by atoms with van der Waals surface area (Å²) in [5.41, 5.74) is 3.33. The van der Waals surface area contributed by atoms with E-state index in [1.54, 1.807) is 24.3 Å². The van der Waals surface area contributed by atoms with Crippen LogP contribution in [0.15, 0.2) is 72.8 Å². The molecule has 0 aliphatic rings. The molecule has 3 aromatic carbocycles. The van der Waals surface area contributed by atoms with Gasteiger partial charge in [-0.25, -0.2) is 9.45 Å². The Bertz CT molecular complexity index is 981. The summed E-state index contributed by atoms with van der Waals surface area (Å²) in [4.78, 5) is 10.8. The van der Waals surface area contributed by atoms with Gasteiger partial charge in [-0.3, -0.25) is 10.0 Å². The fourth-order valence-corrected chi connectivity index (χ4v) is 2.94. The fraction of sp³-hybridized carbons (Fsp3) is 0.130. The van der Waals surface area contributed by atoms with Crippen LogP contribution < -0.4 is 4.74 Å². The minimum Gasteiger partial charge on any atom is -0.493 e. The van der Waals surface area contributed by atoms with Gasteiger partial charge in [-0.2, -0.15) is 5.26 Å². The van der Waals surface area contributed by atoms with E-state index in [9.17, 15) is 14.4 Å². The van der Waals surface area contributed by atoms with Crippen molar-refractivity contribution in [1.82, 2.24) is 5.06 Å². The van der Waals surface area contributed by atoms with Gasteiger partial charge in [0.2, 0.25) is 6.41 Å². The van der Waals surface area contributed by atoms with Crippen LogP contribution in [0, 0.1) is 17.1 Å². The van der Waals surface area contributed by atoms with Crippen molar-refractivity contribution in [3.8, 4) is 22.9 Å². The molecule has 0 fully saturated rings. The van der Waals surface area contributed by atoms with Gasteiger partial charge >= 0.3 is 0 Å². The van der Waals surface area contributed by atoms with E-state index >= 15 is 0 Å². The number of hydrogen-bond donors (Lipinski definition) is 1. The lowest BCUT2D eigenvalue weighted by atomic mass is 10.00. The fourth-order valence-electron chi connectivity index (χ4n) is 2.94. The van der Waals surface area contributed by atoms with E-state index < -0.39 is 0 Å². The molecule has 0 aliphatic carbocycles. The van der Waals surface area contributed by atoms with Crippen LogP contribution in [0.4, 0.5) is 4.39 Å². The lowest BCUT2D eigenvalue weighted by molar-refractivity contribution is -0.151. The predicted molar refractivity (Wildman–Crippen MR) is 106 cm³/mol. The second-order valence-corrected chi connectivity index (χ2v) is 6.50. The Morgan fingerprint density at radius 3 is 2.14 bits per heavy atom. The number of carbonyl (C=O) groups is 1. The largest absolute Gasteiger partial charge is 0.493 e. The molecule has 146 valence electrons. The average Bonchev–Trinajstić information content (AvgIpc) is 2.77. The van der Waals surface area contributed by atoms with Crippen molar-refractivity contribution in [2.45, 2.75) is 5.92 Å². The molecular weight excluding hydrogens is 371 g/mol. The van der Waals surface area contributed by atoms with Gasteiger partial charge in [-0.1, -0.05) is 36.4 Å². The van der Waals surface area contributed by atoms with Crippen molar-refractivity contribution in [3.05, 3.63) is 89.7 Å². The zero-order valence-corrected chi connectivity index (χ0v) is 15.5. The molecule has 0 bridgehead atoms. The third-order valence-corrected chi connectivity index (χ3v) is 4.52. The average molecular weight is 390 g/mol. The van der Waals surface area contributed by atoms with Gasteiger partial charge in [0.15, 0.2) is 0 Å². The SMILES string of the molecule is N#Cc1ccc(-c2ccc(OCC(CN(O)C=O)c3ccc(F)cc3)cc2)cc1. The Labute approximate surface area is 168 Å². The van der Waals surface area contributed by atoms with Crippen LogP contribution in [0.1, 0.15) is 17.0 Å². The van der Waals surface area contributed by atoms with Crippen molar-refractivity contribution in [2.75, 3.05) is 13.2 Å². The molecule has 6 heteroatoms.